The summed E-state index contributed by atoms with van der Waals surface area (Å²) in [6.07, 6.45) is 4.18. The minimum Gasteiger partial charge on any atom is -0.306 e. The fraction of sp³-hybridized carbons (Fsp3) is 0.714. The minimum atomic E-state index is 0.481. The molecule has 2 unspecified atom stereocenters. The zero-order valence-electron chi connectivity index (χ0n) is 11.0. The maximum Gasteiger partial charge on any atom is 0.0388 e. The summed E-state index contributed by atoms with van der Waals surface area (Å²) in [5, 5.41) is 5.85. The lowest BCUT2D eigenvalue weighted by Crippen LogP contribution is -2.42. The van der Waals surface area contributed by atoms with Crippen LogP contribution in [-0.2, 0) is 0 Å². The molecule has 1 saturated heterocycles. The van der Waals surface area contributed by atoms with E-state index in [1.54, 1.807) is 0 Å². The monoisotopic (exact) mass is 252 g/mol. The Hall–Kier alpha value is -0.380. The van der Waals surface area contributed by atoms with Crippen molar-refractivity contribution in [2.24, 2.45) is 0 Å². The first-order chi connectivity index (χ1) is 8.25. The summed E-state index contributed by atoms with van der Waals surface area (Å²) < 4.78 is 0. The Morgan fingerprint density at radius 1 is 1.29 bits per heavy atom. The second-order valence-electron chi connectivity index (χ2n) is 5.17. The van der Waals surface area contributed by atoms with Gasteiger partial charge in [-0.25, -0.2) is 0 Å². The van der Waals surface area contributed by atoms with Gasteiger partial charge in [-0.15, -0.1) is 11.3 Å². The van der Waals surface area contributed by atoms with Crippen LogP contribution in [0.1, 0.15) is 44.0 Å². The second-order valence-corrected chi connectivity index (χ2v) is 6.15. The molecule has 1 aliphatic heterocycles. The third kappa shape index (κ3) is 4.09. The maximum atomic E-state index is 3.70. The standard InChI is InChI=1S/C14H24N2S/c1-12(11-16-8-4-3-5-9-16)15-13(2)14-7-6-10-17-14/h6-7,10,12-13,15H,3-5,8-9,11H2,1-2H3. The van der Waals surface area contributed by atoms with Gasteiger partial charge in [-0.05, 0) is 51.2 Å². The lowest BCUT2D eigenvalue weighted by molar-refractivity contribution is 0.205. The van der Waals surface area contributed by atoms with Gasteiger partial charge < -0.3 is 10.2 Å². The van der Waals surface area contributed by atoms with Crippen LogP contribution in [0.25, 0.3) is 0 Å². The van der Waals surface area contributed by atoms with Gasteiger partial charge >= 0.3 is 0 Å². The Morgan fingerprint density at radius 3 is 2.71 bits per heavy atom. The van der Waals surface area contributed by atoms with E-state index in [1.165, 1.54) is 43.8 Å². The van der Waals surface area contributed by atoms with Crippen molar-refractivity contribution in [1.82, 2.24) is 10.2 Å². The molecule has 2 rings (SSSR count). The number of hydrogen-bond acceptors (Lipinski definition) is 3. The van der Waals surface area contributed by atoms with E-state index in [0.717, 1.165) is 0 Å². The molecule has 2 heterocycles. The first kappa shape index (κ1) is 13.1. The molecule has 0 aliphatic carbocycles. The molecule has 1 fully saturated rings. The number of likely N-dealkylation sites (tertiary alicyclic amines) is 1. The lowest BCUT2D eigenvalue weighted by Gasteiger charge is -2.30. The largest absolute Gasteiger partial charge is 0.306 e. The topological polar surface area (TPSA) is 15.3 Å². The average molecular weight is 252 g/mol. The molecule has 1 aromatic rings. The number of piperidine rings is 1. The Bertz CT molecular complexity index is 304. The first-order valence-electron chi connectivity index (χ1n) is 6.77. The fourth-order valence-electron chi connectivity index (χ4n) is 2.63. The predicted molar refractivity (Wildman–Crippen MR) is 75.6 cm³/mol. The van der Waals surface area contributed by atoms with Crippen LogP contribution in [0.4, 0.5) is 0 Å². The van der Waals surface area contributed by atoms with Crippen LogP contribution in [0.15, 0.2) is 17.5 Å². The van der Waals surface area contributed by atoms with Crippen LogP contribution in [0, 0.1) is 0 Å². The Kier molecular flexibility index (Phi) is 5.01. The van der Waals surface area contributed by atoms with Crippen molar-refractivity contribution < 1.29 is 0 Å². The predicted octanol–water partition coefficient (Wildman–Crippen LogP) is 3.27. The maximum absolute atomic E-state index is 3.70. The van der Waals surface area contributed by atoms with Gasteiger partial charge in [0.05, 0.1) is 0 Å². The van der Waals surface area contributed by atoms with E-state index in [4.69, 9.17) is 0 Å². The molecule has 1 aliphatic rings. The van der Waals surface area contributed by atoms with E-state index >= 15 is 0 Å². The number of rotatable bonds is 5. The smallest absolute Gasteiger partial charge is 0.0388 e. The highest BCUT2D eigenvalue weighted by Gasteiger charge is 2.15. The van der Waals surface area contributed by atoms with Crippen LogP contribution in [0.5, 0.6) is 0 Å². The molecule has 2 nitrogen and oxygen atoms in total. The molecule has 0 radical (unpaired) electrons. The summed E-state index contributed by atoms with van der Waals surface area (Å²) in [6, 6.07) is 5.41. The van der Waals surface area contributed by atoms with Gasteiger partial charge in [-0.1, -0.05) is 12.5 Å². The van der Waals surface area contributed by atoms with Crippen LogP contribution in [-0.4, -0.2) is 30.6 Å². The Balaban J connectivity index is 1.74. The number of hydrogen-bond donors (Lipinski definition) is 1. The van der Waals surface area contributed by atoms with Crippen LogP contribution < -0.4 is 5.32 Å². The van der Waals surface area contributed by atoms with Gasteiger partial charge in [-0.2, -0.15) is 0 Å². The quantitative estimate of drug-likeness (QED) is 0.865. The molecule has 0 bridgehead atoms. The van der Waals surface area contributed by atoms with Crippen LogP contribution >= 0.6 is 11.3 Å². The van der Waals surface area contributed by atoms with Crippen molar-refractivity contribution in [2.75, 3.05) is 19.6 Å². The number of nitrogens with zero attached hydrogens (tertiary/aromatic N) is 1. The summed E-state index contributed by atoms with van der Waals surface area (Å²) >= 11 is 1.84. The van der Waals surface area contributed by atoms with Crippen LogP contribution in [0.2, 0.25) is 0 Å². The van der Waals surface area contributed by atoms with Crippen molar-refractivity contribution in [3.8, 4) is 0 Å². The van der Waals surface area contributed by atoms with Gasteiger partial charge in [0.2, 0.25) is 0 Å². The molecule has 0 spiro atoms. The Morgan fingerprint density at radius 2 is 2.06 bits per heavy atom. The highest BCUT2D eigenvalue weighted by molar-refractivity contribution is 7.10. The molecule has 0 saturated carbocycles. The van der Waals surface area contributed by atoms with Gasteiger partial charge in [0.25, 0.3) is 0 Å². The summed E-state index contributed by atoms with van der Waals surface area (Å²) in [5.74, 6) is 0. The second kappa shape index (κ2) is 6.53. The van der Waals surface area contributed by atoms with E-state index in [2.05, 4.69) is 41.6 Å². The Labute approximate surface area is 109 Å². The van der Waals surface area contributed by atoms with E-state index < -0.39 is 0 Å². The zero-order chi connectivity index (χ0) is 12.1. The third-order valence-corrected chi connectivity index (χ3v) is 4.54. The summed E-state index contributed by atoms with van der Waals surface area (Å²) in [7, 11) is 0. The summed E-state index contributed by atoms with van der Waals surface area (Å²) in [6.45, 7) is 8.34. The van der Waals surface area contributed by atoms with Crippen molar-refractivity contribution >= 4 is 11.3 Å². The SMILES string of the molecule is CC(CN1CCCCC1)NC(C)c1cccs1. The van der Waals surface area contributed by atoms with Crippen molar-refractivity contribution in [3.63, 3.8) is 0 Å². The molecule has 17 heavy (non-hydrogen) atoms. The molecular weight excluding hydrogens is 228 g/mol. The van der Waals surface area contributed by atoms with Gasteiger partial charge in [0.15, 0.2) is 0 Å². The van der Waals surface area contributed by atoms with Crippen LogP contribution in [0.3, 0.4) is 0 Å². The van der Waals surface area contributed by atoms with E-state index in [9.17, 15) is 0 Å². The third-order valence-electron chi connectivity index (χ3n) is 3.49. The van der Waals surface area contributed by atoms with Gasteiger partial charge in [-0.3, -0.25) is 0 Å². The van der Waals surface area contributed by atoms with E-state index in [-0.39, 0.29) is 0 Å². The highest BCUT2D eigenvalue weighted by Crippen LogP contribution is 2.19. The first-order valence-corrected chi connectivity index (χ1v) is 7.65. The highest BCUT2D eigenvalue weighted by atomic mass is 32.1. The van der Waals surface area contributed by atoms with E-state index in [0.29, 0.717) is 12.1 Å². The van der Waals surface area contributed by atoms with Crippen molar-refractivity contribution in [3.05, 3.63) is 22.4 Å². The lowest BCUT2D eigenvalue weighted by atomic mass is 10.1. The molecule has 1 aromatic heterocycles. The zero-order valence-corrected chi connectivity index (χ0v) is 11.8. The summed E-state index contributed by atoms with van der Waals surface area (Å²) in [5.41, 5.74) is 0. The van der Waals surface area contributed by atoms with Crippen molar-refractivity contribution in [2.45, 2.75) is 45.2 Å². The molecule has 3 heteroatoms. The molecule has 1 N–H and O–H groups in total. The van der Waals surface area contributed by atoms with Gasteiger partial charge in [0, 0.05) is 23.5 Å². The average Bonchev–Trinajstić information content (AvgIpc) is 2.83. The van der Waals surface area contributed by atoms with Gasteiger partial charge in [0.1, 0.15) is 0 Å². The number of thiophene rings is 1. The van der Waals surface area contributed by atoms with E-state index in [1.807, 2.05) is 11.3 Å². The minimum absolute atomic E-state index is 0.481. The fourth-order valence-corrected chi connectivity index (χ4v) is 3.37. The molecule has 96 valence electrons. The molecular formula is C14H24N2S. The molecule has 0 aromatic carbocycles. The summed E-state index contributed by atoms with van der Waals surface area (Å²) in [4.78, 5) is 4.04. The normalized spacial score (nSPS) is 21.3. The number of nitrogens with one attached hydrogen (secondary N) is 1. The molecule has 0 amide bonds. The molecule has 2 atom stereocenters. The van der Waals surface area contributed by atoms with Crippen molar-refractivity contribution in [1.29, 1.82) is 0 Å².